The van der Waals surface area contributed by atoms with Gasteiger partial charge in [-0.3, -0.25) is 4.68 Å². The van der Waals surface area contributed by atoms with E-state index in [9.17, 15) is 0 Å². The maximum atomic E-state index is 5.37. The van der Waals surface area contributed by atoms with E-state index in [-0.39, 0.29) is 0 Å². The maximum Gasteiger partial charge on any atom is 0.0884 e. The summed E-state index contributed by atoms with van der Waals surface area (Å²) < 4.78 is 7.42. The lowest BCUT2D eigenvalue weighted by Gasteiger charge is -1.97. The molecule has 2 rings (SSSR count). The van der Waals surface area contributed by atoms with Crippen molar-refractivity contribution in [1.82, 2.24) is 9.78 Å². The van der Waals surface area contributed by atoms with Gasteiger partial charge < -0.3 is 4.74 Å². The molecule has 15 heavy (non-hydrogen) atoms. The van der Waals surface area contributed by atoms with E-state index >= 15 is 0 Å². The fraction of sp³-hybridized carbons (Fsp3) is 0.750. The Hall–Kier alpha value is -0.830. The quantitative estimate of drug-likeness (QED) is 0.660. The van der Waals surface area contributed by atoms with E-state index in [4.69, 9.17) is 4.74 Å². The van der Waals surface area contributed by atoms with Crippen LogP contribution in [-0.4, -0.2) is 16.4 Å². The zero-order valence-corrected chi connectivity index (χ0v) is 10.7. The standard InChI is InChI=1S/C8H12N2O.2C2H6/c1-7-5-8-6-11-4-2-3-10(8)9-7;2*1-2/h5H,2-4,6H2,1H3;2*1-2H3. The number of ether oxygens (including phenoxy) is 1. The summed E-state index contributed by atoms with van der Waals surface area (Å²) >= 11 is 0. The average molecular weight is 212 g/mol. The molecular formula is C12H24N2O. The van der Waals surface area contributed by atoms with Crippen molar-refractivity contribution in [3.63, 3.8) is 0 Å². The molecule has 1 aliphatic rings. The zero-order valence-electron chi connectivity index (χ0n) is 10.7. The van der Waals surface area contributed by atoms with Gasteiger partial charge in [0.2, 0.25) is 0 Å². The van der Waals surface area contributed by atoms with Crippen LogP contribution in [0.5, 0.6) is 0 Å². The van der Waals surface area contributed by atoms with Gasteiger partial charge in [0, 0.05) is 13.2 Å². The minimum Gasteiger partial charge on any atom is -0.375 e. The van der Waals surface area contributed by atoms with E-state index in [0.717, 1.165) is 31.9 Å². The number of hydrogen-bond donors (Lipinski definition) is 0. The summed E-state index contributed by atoms with van der Waals surface area (Å²) in [6.07, 6.45) is 1.08. The Morgan fingerprint density at radius 3 is 2.60 bits per heavy atom. The second kappa shape index (κ2) is 8.48. The first-order chi connectivity index (χ1) is 7.36. The van der Waals surface area contributed by atoms with E-state index < -0.39 is 0 Å². The van der Waals surface area contributed by atoms with Crippen molar-refractivity contribution in [2.45, 2.75) is 54.2 Å². The molecule has 3 heteroatoms. The Morgan fingerprint density at radius 1 is 1.27 bits per heavy atom. The van der Waals surface area contributed by atoms with Gasteiger partial charge in [0.25, 0.3) is 0 Å². The highest BCUT2D eigenvalue weighted by molar-refractivity contribution is 5.08. The van der Waals surface area contributed by atoms with Gasteiger partial charge in [-0.2, -0.15) is 5.10 Å². The minimum absolute atomic E-state index is 0.723. The molecule has 1 aromatic rings. The molecule has 1 aromatic heterocycles. The average Bonchev–Trinajstić information content (AvgIpc) is 2.51. The Labute approximate surface area is 93.4 Å². The number of nitrogens with zero attached hydrogens (tertiary/aromatic N) is 2. The van der Waals surface area contributed by atoms with Gasteiger partial charge in [0.15, 0.2) is 0 Å². The SMILES string of the molecule is CC.CC.Cc1cc2n(n1)CCCOC2. The van der Waals surface area contributed by atoms with Gasteiger partial charge >= 0.3 is 0 Å². The summed E-state index contributed by atoms with van der Waals surface area (Å²) in [5.74, 6) is 0. The predicted molar refractivity (Wildman–Crippen MR) is 63.9 cm³/mol. The summed E-state index contributed by atoms with van der Waals surface area (Å²) in [5.41, 5.74) is 2.30. The summed E-state index contributed by atoms with van der Waals surface area (Å²) in [5, 5.41) is 4.35. The van der Waals surface area contributed by atoms with Gasteiger partial charge in [-0.05, 0) is 19.4 Å². The van der Waals surface area contributed by atoms with Crippen LogP contribution in [0.15, 0.2) is 6.07 Å². The van der Waals surface area contributed by atoms with E-state index in [1.807, 2.05) is 39.3 Å². The summed E-state index contributed by atoms with van der Waals surface area (Å²) in [4.78, 5) is 0. The monoisotopic (exact) mass is 212 g/mol. The van der Waals surface area contributed by atoms with E-state index in [1.54, 1.807) is 0 Å². The Morgan fingerprint density at radius 2 is 1.93 bits per heavy atom. The van der Waals surface area contributed by atoms with Crippen molar-refractivity contribution in [1.29, 1.82) is 0 Å². The molecule has 0 bridgehead atoms. The summed E-state index contributed by atoms with van der Waals surface area (Å²) in [6, 6.07) is 2.09. The van der Waals surface area contributed by atoms with Gasteiger partial charge in [-0.1, -0.05) is 27.7 Å². The molecule has 88 valence electrons. The Kier molecular flexibility index (Phi) is 8.01. The number of fused-ring (bicyclic) bond motifs is 1. The second-order valence-corrected chi connectivity index (χ2v) is 2.91. The Balaban J connectivity index is 0.000000442. The normalized spacial score (nSPS) is 13.7. The van der Waals surface area contributed by atoms with Crippen LogP contribution in [0.25, 0.3) is 0 Å². The number of rotatable bonds is 0. The lowest BCUT2D eigenvalue weighted by molar-refractivity contribution is 0.125. The third-order valence-electron chi connectivity index (χ3n) is 1.89. The lowest BCUT2D eigenvalue weighted by atomic mass is 10.4. The molecule has 1 aliphatic heterocycles. The van der Waals surface area contributed by atoms with Crippen molar-refractivity contribution < 1.29 is 4.74 Å². The van der Waals surface area contributed by atoms with Gasteiger partial charge in [-0.25, -0.2) is 0 Å². The molecule has 2 heterocycles. The molecule has 0 saturated heterocycles. The van der Waals surface area contributed by atoms with Crippen molar-refractivity contribution in [2.24, 2.45) is 0 Å². The molecule has 0 N–H and O–H groups in total. The summed E-state index contributed by atoms with van der Waals surface area (Å²) in [6.45, 7) is 12.6. The fourth-order valence-electron chi connectivity index (χ4n) is 1.40. The molecule has 0 spiro atoms. The summed E-state index contributed by atoms with van der Waals surface area (Å²) in [7, 11) is 0. The van der Waals surface area contributed by atoms with E-state index in [1.165, 1.54) is 5.69 Å². The minimum atomic E-state index is 0.723. The smallest absolute Gasteiger partial charge is 0.0884 e. The first-order valence-electron chi connectivity index (χ1n) is 5.97. The van der Waals surface area contributed by atoms with Gasteiger partial charge in [0.05, 0.1) is 18.0 Å². The molecule has 3 nitrogen and oxygen atoms in total. The second-order valence-electron chi connectivity index (χ2n) is 2.91. The van der Waals surface area contributed by atoms with Gasteiger partial charge in [-0.15, -0.1) is 0 Å². The first kappa shape index (κ1) is 14.2. The highest BCUT2D eigenvalue weighted by Crippen LogP contribution is 2.09. The third-order valence-corrected chi connectivity index (χ3v) is 1.89. The molecular weight excluding hydrogens is 188 g/mol. The van der Waals surface area contributed by atoms with E-state index in [2.05, 4.69) is 11.2 Å². The van der Waals surface area contributed by atoms with Crippen LogP contribution < -0.4 is 0 Å². The van der Waals surface area contributed by atoms with Crippen LogP contribution in [0, 0.1) is 6.92 Å². The third kappa shape index (κ3) is 4.47. The van der Waals surface area contributed by atoms with Crippen LogP contribution in [-0.2, 0) is 17.9 Å². The molecule has 0 aromatic carbocycles. The number of aromatic nitrogens is 2. The molecule has 0 radical (unpaired) electrons. The maximum absolute atomic E-state index is 5.37. The van der Waals surface area contributed by atoms with Crippen LogP contribution in [0.1, 0.15) is 45.5 Å². The molecule has 0 atom stereocenters. The molecule has 0 saturated carbocycles. The van der Waals surface area contributed by atoms with Crippen molar-refractivity contribution in [3.05, 3.63) is 17.5 Å². The van der Waals surface area contributed by atoms with Crippen molar-refractivity contribution in [3.8, 4) is 0 Å². The Bertz CT molecular complexity index is 233. The first-order valence-corrected chi connectivity index (χ1v) is 5.97. The van der Waals surface area contributed by atoms with Crippen LogP contribution in [0.4, 0.5) is 0 Å². The van der Waals surface area contributed by atoms with Crippen molar-refractivity contribution >= 4 is 0 Å². The topological polar surface area (TPSA) is 27.1 Å². The molecule has 0 amide bonds. The van der Waals surface area contributed by atoms with Gasteiger partial charge in [0.1, 0.15) is 0 Å². The predicted octanol–water partition coefficient (Wildman–Crippen LogP) is 3.16. The highest BCUT2D eigenvalue weighted by Gasteiger charge is 2.08. The fourth-order valence-corrected chi connectivity index (χ4v) is 1.40. The van der Waals surface area contributed by atoms with E-state index in [0.29, 0.717) is 0 Å². The highest BCUT2D eigenvalue weighted by atomic mass is 16.5. The number of hydrogen-bond acceptors (Lipinski definition) is 2. The molecule has 0 unspecified atom stereocenters. The number of aryl methyl sites for hydroxylation is 2. The molecule has 0 fully saturated rings. The van der Waals surface area contributed by atoms with Crippen LogP contribution >= 0.6 is 0 Å². The van der Waals surface area contributed by atoms with Crippen molar-refractivity contribution in [2.75, 3.05) is 6.61 Å². The van der Waals surface area contributed by atoms with Crippen LogP contribution in [0.3, 0.4) is 0 Å². The van der Waals surface area contributed by atoms with Crippen LogP contribution in [0.2, 0.25) is 0 Å². The largest absolute Gasteiger partial charge is 0.375 e. The molecule has 0 aliphatic carbocycles. The zero-order chi connectivity index (χ0) is 11.7. The lowest BCUT2D eigenvalue weighted by Crippen LogP contribution is -2.01.